The van der Waals surface area contributed by atoms with Crippen LogP contribution in [0.1, 0.15) is 30.7 Å². The molecule has 1 atom stereocenters. The van der Waals surface area contributed by atoms with Crippen molar-refractivity contribution in [1.82, 2.24) is 4.90 Å². The Morgan fingerprint density at radius 2 is 1.96 bits per heavy atom. The van der Waals surface area contributed by atoms with Gasteiger partial charge in [0.25, 0.3) is 5.91 Å². The average molecular weight is 332 g/mol. The zero-order valence-electron chi connectivity index (χ0n) is 14.1. The lowest BCUT2D eigenvalue weighted by atomic mass is 10.1. The average Bonchev–Trinajstić information content (AvgIpc) is 3.08. The molecule has 2 aromatic rings. The number of nitrogens with zero attached hydrogens (tertiary/aromatic N) is 1. The zero-order chi connectivity index (χ0) is 16.5. The minimum Gasteiger partial charge on any atom is -0.338 e. The Labute approximate surface area is 143 Å². The number of hydrogen-bond donors (Lipinski definition) is 1. The predicted octanol–water partition coefficient (Wildman–Crippen LogP) is 2.89. The van der Waals surface area contributed by atoms with Crippen LogP contribution in [0.3, 0.4) is 0 Å². The number of carbonyl (C=O) groups is 1. The topological polar surface area (TPSA) is 36.9 Å². The first-order valence-electron chi connectivity index (χ1n) is 8.34. The molecular formula is C19H27N2OS+. The first-order chi connectivity index (χ1) is 11.2. The highest BCUT2D eigenvalue weighted by Gasteiger charge is 2.17. The fraction of sp³-hybridized carbons (Fsp3) is 0.421. The molecule has 1 amide bonds. The molecule has 4 heteroatoms. The van der Waals surface area contributed by atoms with E-state index in [0.29, 0.717) is 25.6 Å². The highest BCUT2D eigenvalue weighted by atomic mass is 32.1. The second kappa shape index (κ2) is 9.48. The predicted molar refractivity (Wildman–Crippen MR) is 96.1 cm³/mol. The van der Waals surface area contributed by atoms with Gasteiger partial charge in [-0.3, -0.25) is 4.79 Å². The molecule has 0 aliphatic rings. The molecule has 124 valence electrons. The Balaban J connectivity index is 1.96. The van der Waals surface area contributed by atoms with Gasteiger partial charge in [-0.15, -0.1) is 11.3 Å². The van der Waals surface area contributed by atoms with Gasteiger partial charge in [0.15, 0.2) is 6.54 Å². The molecule has 0 fully saturated rings. The number of thiophene rings is 1. The van der Waals surface area contributed by atoms with Crippen LogP contribution in [0.25, 0.3) is 0 Å². The molecule has 0 aliphatic heterocycles. The molecule has 0 radical (unpaired) electrons. The van der Waals surface area contributed by atoms with Gasteiger partial charge in [-0.1, -0.05) is 50.2 Å². The summed E-state index contributed by atoms with van der Waals surface area (Å²) in [5.74, 6) is 0.869. The summed E-state index contributed by atoms with van der Waals surface area (Å²) in [7, 11) is 0. The normalized spacial score (nSPS) is 12.1. The van der Waals surface area contributed by atoms with Crippen LogP contribution in [0, 0.1) is 5.92 Å². The first-order valence-corrected chi connectivity index (χ1v) is 9.22. The van der Waals surface area contributed by atoms with Crippen LogP contribution in [0.15, 0.2) is 47.8 Å². The molecule has 2 N–H and O–H groups in total. The van der Waals surface area contributed by atoms with E-state index in [1.807, 2.05) is 29.2 Å². The minimum atomic E-state index is 0.213. The third kappa shape index (κ3) is 6.16. The lowest BCUT2D eigenvalue weighted by Crippen LogP contribution is -2.87. The van der Waals surface area contributed by atoms with E-state index in [0.717, 1.165) is 13.0 Å². The molecular weight excluding hydrogens is 304 g/mol. The summed E-state index contributed by atoms with van der Waals surface area (Å²) in [5, 5.41) is 4.21. The Hall–Kier alpha value is -1.65. The molecule has 3 nitrogen and oxygen atoms in total. The maximum atomic E-state index is 12.6. The fourth-order valence-electron chi connectivity index (χ4n) is 2.41. The standard InChI is InChI=1S/C19H26N2OS/c1-3-16(2)12-20-13-19(22)21(15-18-10-7-11-23-18)14-17-8-5-4-6-9-17/h4-11,16,20H,3,12-15H2,1-2H3/p+1/t16-/m0/s1. The molecule has 1 aromatic heterocycles. The van der Waals surface area contributed by atoms with Gasteiger partial charge in [0, 0.05) is 17.3 Å². The van der Waals surface area contributed by atoms with E-state index >= 15 is 0 Å². The molecule has 0 bridgehead atoms. The molecule has 0 unspecified atom stereocenters. The van der Waals surface area contributed by atoms with Crippen molar-refractivity contribution in [3.8, 4) is 0 Å². The van der Waals surface area contributed by atoms with Crippen molar-refractivity contribution in [3.63, 3.8) is 0 Å². The number of quaternary nitrogens is 1. The van der Waals surface area contributed by atoms with Crippen molar-refractivity contribution < 1.29 is 10.1 Å². The van der Waals surface area contributed by atoms with Gasteiger partial charge in [-0.2, -0.15) is 0 Å². The molecule has 1 aromatic carbocycles. The lowest BCUT2D eigenvalue weighted by Gasteiger charge is -2.22. The van der Waals surface area contributed by atoms with Gasteiger partial charge < -0.3 is 10.2 Å². The van der Waals surface area contributed by atoms with Crippen LogP contribution in [0.4, 0.5) is 0 Å². The number of amides is 1. The molecule has 1 heterocycles. The summed E-state index contributed by atoms with van der Waals surface area (Å²) in [6.45, 7) is 7.34. The largest absolute Gasteiger partial charge is 0.338 e. The van der Waals surface area contributed by atoms with E-state index in [2.05, 4.69) is 42.7 Å². The summed E-state index contributed by atoms with van der Waals surface area (Å²) in [4.78, 5) is 15.8. The molecule has 2 rings (SSSR count). The summed E-state index contributed by atoms with van der Waals surface area (Å²) in [5.41, 5.74) is 1.18. The number of hydrogen-bond acceptors (Lipinski definition) is 2. The number of nitrogens with two attached hydrogens (primary N) is 1. The highest BCUT2D eigenvalue weighted by Crippen LogP contribution is 2.14. The van der Waals surface area contributed by atoms with Crippen molar-refractivity contribution in [3.05, 3.63) is 58.3 Å². The second-order valence-electron chi connectivity index (χ2n) is 6.06. The van der Waals surface area contributed by atoms with Crippen molar-refractivity contribution in [1.29, 1.82) is 0 Å². The molecule has 0 saturated heterocycles. The quantitative estimate of drug-likeness (QED) is 0.754. The van der Waals surface area contributed by atoms with Crippen LogP contribution in [-0.2, 0) is 17.9 Å². The summed E-state index contributed by atoms with van der Waals surface area (Å²) < 4.78 is 0. The van der Waals surface area contributed by atoms with E-state index in [-0.39, 0.29) is 5.91 Å². The second-order valence-corrected chi connectivity index (χ2v) is 7.09. The van der Waals surface area contributed by atoms with E-state index in [1.165, 1.54) is 10.4 Å². The van der Waals surface area contributed by atoms with E-state index in [9.17, 15) is 4.79 Å². The summed E-state index contributed by atoms with van der Waals surface area (Å²) in [6, 6.07) is 14.4. The van der Waals surface area contributed by atoms with Gasteiger partial charge in [-0.25, -0.2) is 0 Å². The van der Waals surface area contributed by atoms with Gasteiger partial charge in [0.2, 0.25) is 0 Å². The summed E-state index contributed by atoms with van der Waals surface area (Å²) in [6.07, 6.45) is 1.16. The van der Waals surface area contributed by atoms with E-state index in [1.54, 1.807) is 11.3 Å². The fourth-order valence-corrected chi connectivity index (χ4v) is 3.13. The Morgan fingerprint density at radius 1 is 1.17 bits per heavy atom. The number of carbonyl (C=O) groups excluding carboxylic acids is 1. The van der Waals surface area contributed by atoms with Crippen LogP contribution >= 0.6 is 11.3 Å². The van der Waals surface area contributed by atoms with Crippen LogP contribution in [0.2, 0.25) is 0 Å². The van der Waals surface area contributed by atoms with Gasteiger partial charge >= 0.3 is 0 Å². The molecule has 23 heavy (non-hydrogen) atoms. The zero-order valence-corrected chi connectivity index (χ0v) is 14.9. The van der Waals surface area contributed by atoms with Crippen molar-refractivity contribution >= 4 is 17.2 Å². The van der Waals surface area contributed by atoms with Crippen molar-refractivity contribution in [2.45, 2.75) is 33.4 Å². The molecule has 0 spiro atoms. The number of rotatable bonds is 9. The van der Waals surface area contributed by atoms with E-state index in [4.69, 9.17) is 0 Å². The smallest absolute Gasteiger partial charge is 0.278 e. The van der Waals surface area contributed by atoms with Crippen molar-refractivity contribution in [2.24, 2.45) is 5.92 Å². The third-order valence-electron chi connectivity index (χ3n) is 4.08. The van der Waals surface area contributed by atoms with Gasteiger partial charge in [0.1, 0.15) is 0 Å². The Bertz CT molecular complexity index is 568. The van der Waals surface area contributed by atoms with Crippen LogP contribution in [-0.4, -0.2) is 23.9 Å². The SMILES string of the molecule is CC[C@H](C)C[NH2+]CC(=O)N(Cc1ccccc1)Cc1cccs1. The highest BCUT2D eigenvalue weighted by molar-refractivity contribution is 7.09. The Kier molecular flexibility index (Phi) is 7.30. The van der Waals surface area contributed by atoms with Crippen LogP contribution < -0.4 is 5.32 Å². The Morgan fingerprint density at radius 3 is 2.61 bits per heavy atom. The van der Waals surface area contributed by atoms with Gasteiger partial charge in [0.05, 0.1) is 13.1 Å². The van der Waals surface area contributed by atoms with Gasteiger partial charge in [-0.05, 0) is 23.4 Å². The van der Waals surface area contributed by atoms with Crippen LogP contribution in [0.5, 0.6) is 0 Å². The maximum Gasteiger partial charge on any atom is 0.278 e. The third-order valence-corrected chi connectivity index (χ3v) is 4.94. The van der Waals surface area contributed by atoms with Crippen molar-refractivity contribution in [2.75, 3.05) is 13.1 Å². The minimum absolute atomic E-state index is 0.213. The number of benzene rings is 1. The molecule has 0 aliphatic carbocycles. The monoisotopic (exact) mass is 331 g/mol. The lowest BCUT2D eigenvalue weighted by molar-refractivity contribution is -0.650. The first kappa shape index (κ1) is 17.7. The van der Waals surface area contributed by atoms with E-state index < -0.39 is 0 Å². The molecule has 0 saturated carbocycles. The summed E-state index contributed by atoms with van der Waals surface area (Å²) >= 11 is 1.71. The maximum absolute atomic E-state index is 12.6.